The van der Waals surface area contributed by atoms with Gasteiger partial charge in [-0.3, -0.25) is 9.59 Å². The molecule has 0 spiro atoms. The van der Waals surface area contributed by atoms with Gasteiger partial charge in [-0.25, -0.2) is 0 Å². The number of aryl methyl sites for hydroxylation is 1. The number of ketones is 1. The van der Waals surface area contributed by atoms with Crippen LogP contribution in [0.15, 0.2) is 28.8 Å². The van der Waals surface area contributed by atoms with Crippen LogP contribution < -0.4 is 10.1 Å². The molecule has 7 heteroatoms. The number of hydrogen-bond acceptors (Lipinski definition) is 6. The lowest BCUT2D eigenvalue weighted by molar-refractivity contribution is -0.123. The highest BCUT2D eigenvalue weighted by molar-refractivity contribution is 5.95. The Morgan fingerprint density at radius 2 is 2.00 bits per heavy atom. The van der Waals surface area contributed by atoms with Gasteiger partial charge in [-0.2, -0.15) is 4.98 Å². The summed E-state index contributed by atoms with van der Waals surface area (Å²) in [7, 11) is 0. The van der Waals surface area contributed by atoms with E-state index >= 15 is 0 Å². The van der Waals surface area contributed by atoms with Crippen molar-refractivity contribution in [1.82, 2.24) is 15.5 Å². The van der Waals surface area contributed by atoms with Crippen LogP contribution in [0.2, 0.25) is 0 Å². The fourth-order valence-electron chi connectivity index (χ4n) is 1.92. The van der Waals surface area contributed by atoms with Crippen molar-refractivity contribution in [3.05, 3.63) is 41.5 Å². The van der Waals surface area contributed by atoms with Gasteiger partial charge in [-0.1, -0.05) is 12.1 Å². The first kappa shape index (κ1) is 16.7. The zero-order valence-corrected chi connectivity index (χ0v) is 13.3. The molecule has 122 valence electrons. The Morgan fingerprint density at radius 1 is 1.30 bits per heavy atom. The van der Waals surface area contributed by atoms with Crippen LogP contribution in [0.5, 0.6) is 5.75 Å². The molecular weight excluding hydrogens is 298 g/mol. The van der Waals surface area contributed by atoms with E-state index in [1.807, 2.05) is 6.92 Å². The van der Waals surface area contributed by atoms with E-state index in [9.17, 15) is 9.59 Å². The maximum Gasteiger partial charge on any atom is 0.258 e. The SMILES string of the molecule is CCC(=O)c1ccc(OCC(=O)N[C@H](C)c2nc(C)no2)cc1. The van der Waals surface area contributed by atoms with Gasteiger partial charge in [0.1, 0.15) is 11.8 Å². The summed E-state index contributed by atoms with van der Waals surface area (Å²) < 4.78 is 10.4. The van der Waals surface area contributed by atoms with Gasteiger partial charge in [-0.05, 0) is 38.1 Å². The highest BCUT2D eigenvalue weighted by atomic mass is 16.5. The molecule has 0 fully saturated rings. The molecule has 1 N–H and O–H groups in total. The minimum absolute atomic E-state index is 0.0676. The van der Waals surface area contributed by atoms with Crippen LogP contribution in [0.1, 0.15) is 48.4 Å². The molecule has 0 radical (unpaired) electrons. The third-order valence-corrected chi connectivity index (χ3v) is 3.16. The minimum atomic E-state index is -0.392. The molecule has 0 saturated carbocycles. The van der Waals surface area contributed by atoms with Crippen molar-refractivity contribution in [3.63, 3.8) is 0 Å². The molecule has 0 aliphatic heterocycles. The van der Waals surface area contributed by atoms with Gasteiger partial charge in [0.25, 0.3) is 5.91 Å². The number of nitrogens with one attached hydrogen (secondary N) is 1. The van der Waals surface area contributed by atoms with Crippen LogP contribution in [0, 0.1) is 6.92 Å². The Hall–Kier alpha value is -2.70. The Morgan fingerprint density at radius 3 is 2.57 bits per heavy atom. The zero-order valence-electron chi connectivity index (χ0n) is 13.3. The highest BCUT2D eigenvalue weighted by Crippen LogP contribution is 2.14. The number of carbonyl (C=O) groups is 2. The van der Waals surface area contributed by atoms with Gasteiger partial charge in [0.05, 0.1) is 0 Å². The first-order valence-corrected chi connectivity index (χ1v) is 7.35. The van der Waals surface area contributed by atoms with E-state index in [-0.39, 0.29) is 18.3 Å². The average molecular weight is 317 g/mol. The minimum Gasteiger partial charge on any atom is -0.484 e. The van der Waals surface area contributed by atoms with Crippen LogP contribution in [0.4, 0.5) is 0 Å². The van der Waals surface area contributed by atoms with Crippen molar-refractivity contribution in [2.75, 3.05) is 6.61 Å². The summed E-state index contributed by atoms with van der Waals surface area (Å²) in [5.74, 6) is 1.14. The smallest absolute Gasteiger partial charge is 0.258 e. The Balaban J connectivity index is 1.83. The number of ether oxygens (including phenoxy) is 1. The van der Waals surface area contributed by atoms with E-state index in [1.54, 1.807) is 38.1 Å². The molecule has 1 atom stereocenters. The number of rotatable bonds is 7. The van der Waals surface area contributed by atoms with Crippen molar-refractivity contribution >= 4 is 11.7 Å². The van der Waals surface area contributed by atoms with Crippen molar-refractivity contribution in [3.8, 4) is 5.75 Å². The molecule has 0 unspecified atom stereocenters. The fourth-order valence-corrected chi connectivity index (χ4v) is 1.92. The molecule has 2 rings (SSSR count). The molecule has 23 heavy (non-hydrogen) atoms. The lowest BCUT2D eigenvalue weighted by Gasteiger charge is -2.11. The second-order valence-corrected chi connectivity index (χ2v) is 5.06. The van der Waals surface area contributed by atoms with Crippen LogP contribution in [-0.4, -0.2) is 28.4 Å². The molecule has 1 aromatic heterocycles. The topological polar surface area (TPSA) is 94.3 Å². The summed E-state index contributed by atoms with van der Waals surface area (Å²) in [6.45, 7) is 5.12. The Kier molecular flexibility index (Phi) is 5.46. The van der Waals surface area contributed by atoms with E-state index in [1.165, 1.54) is 0 Å². The summed E-state index contributed by atoms with van der Waals surface area (Å²) in [5, 5.41) is 6.38. The van der Waals surface area contributed by atoms with Crippen LogP contribution in [0.25, 0.3) is 0 Å². The molecular formula is C16H19N3O4. The van der Waals surface area contributed by atoms with E-state index in [0.29, 0.717) is 29.4 Å². The standard InChI is InChI=1S/C16H19N3O4/c1-4-14(20)12-5-7-13(8-6-12)22-9-15(21)17-10(2)16-18-11(3)19-23-16/h5-8,10H,4,9H2,1-3H3,(H,17,21)/t10-/m1/s1. The number of aromatic nitrogens is 2. The lowest BCUT2D eigenvalue weighted by atomic mass is 10.1. The highest BCUT2D eigenvalue weighted by Gasteiger charge is 2.15. The molecule has 7 nitrogen and oxygen atoms in total. The van der Waals surface area contributed by atoms with Gasteiger partial charge < -0.3 is 14.6 Å². The van der Waals surface area contributed by atoms with Gasteiger partial charge in [0.15, 0.2) is 18.2 Å². The largest absolute Gasteiger partial charge is 0.484 e. The number of nitrogens with zero attached hydrogens (tertiary/aromatic N) is 2. The van der Waals surface area contributed by atoms with Crippen molar-refractivity contribution in [2.45, 2.75) is 33.2 Å². The number of carbonyl (C=O) groups excluding carboxylic acids is 2. The first-order chi connectivity index (χ1) is 11.0. The lowest BCUT2D eigenvalue weighted by Crippen LogP contribution is -2.31. The van der Waals surface area contributed by atoms with Gasteiger partial charge in [0, 0.05) is 12.0 Å². The van der Waals surface area contributed by atoms with Gasteiger partial charge in [0.2, 0.25) is 5.89 Å². The zero-order chi connectivity index (χ0) is 16.8. The molecule has 0 aliphatic carbocycles. The molecule has 1 heterocycles. The van der Waals surface area contributed by atoms with Crippen LogP contribution in [-0.2, 0) is 4.79 Å². The number of benzene rings is 1. The first-order valence-electron chi connectivity index (χ1n) is 7.35. The van der Waals surface area contributed by atoms with E-state index < -0.39 is 6.04 Å². The predicted molar refractivity (Wildman–Crippen MR) is 82.2 cm³/mol. The molecule has 1 aromatic carbocycles. The Labute approximate surface area is 134 Å². The molecule has 0 bridgehead atoms. The third kappa shape index (κ3) is 4.64. The van der Waals surface area contributed by atoms with E-state index in [2.05, 4.69) is 15.5 Å². The fraction of sp³-hybridized carbons (Fsp3) is 0.375. The second kappa shape index (κ2) is 7.53. The number of amides is 1. The maximum atomic E-state index is 11.8. The number of Topliss-reactive ketones (excluding diaryl/α,β-unsaturated/α-hetero) is 1. The normalized spacial score (nSPS) is 11.8. The summed E-state index contributed by atoms with van der Waals surface area (Å²) in [5.41, 5.74) is 0.629. The predicted octanol–water partition coefficient (Wildman–Crippen LogP) is 2.23. The van der Waals surface area contributed by atoms with Crippen molar-refractivity contribution < 1.29 is 18.8 Å². The summed E-state index contributed by atoms with van der Waals surface area (Å²) in [6.07, 6.45) is 0.454. The van der Waals surface area contributed by atoms with Crippen LogP contribution in [0.3, 0.4) is 0 Å². The molecule has 2 aromatic rings. The van der Waals surface area contributed by atoms with Gasteiger partial charge in [-0.15, -0.1) is 0 Å². The molecule has 0 saturated heterocycles. The maximum absolute atomic E-state index is 11.8. The van der Waals surface area contributed by atoms with E-state index in [0.717, 1.165) is 0 Å². The summed E-state index contributed by atoms with van der Waals surface area (Å²) in [6, 6.07) is 6.31. The molecule has 1 amide bonds. The third-order valence-electron chi connectivity index (χ3n) is 3.16. The Bertz CT molecular complexity index is 679. The van der Waals surface area contributed by atoms with Crippen molar-refractivity contribution in [1.29, 1.82) is 0 Å². The van der Waals surface area contributed by atoms with Crippen molar-refractivity contribution in [2.24, 2.45) is 0 Å². The van der Waals surface area contributed by atoms with Crippen LogP contribution >= 0.6 is 0 Å². The quantitative estimate of drug-likeness (QED) is 0.787. The average Bonchev–Trinajstić information content (AvgIpc) is 2.99. The van der Waals surface area contributed by atoms with E-state index in [4.69, 9.17) is 9.26 Å². The number of hydrogen-bond donors (Lipinski definition) is 1. The summed E-state index contributed by atoms with van der Waals surface area (Å²) in [4.78, 5) is 27.4. The monoisotopic (exact) mass is 317 g/mol. The second-order valence-electron chi connectivity index (χ2n) is 5.06. The summed E-state index contributed by atoms with van der Waals surface area (Å²) >= 11 is 0. The van der Waals surface area contributed by atoms with Gasteiger partial charge >= 0.3 is 0 Å². The molecule has 0 aliphatic rings.